The van der Waals surface area contributed by atoms with Crippen molar-refractivity contribution >= 4 is 0 Å². The zero-order chi connectivity index (χ0) is 13.7. The molecule has 1 saturated heterocycles. The zero-order valence-electron chi connectivity index (χ0n) is 12.1. The van der Waals surface area contributed by atoms with Crippen LogP contribution in [0.25, 0.3) is 0 Å². The first-order valence-electron chi connectivity index (χ1n) is 7.92. The van der Waals surface area contributed by atoms with Gasteiger partial charge in [0.05, 0.1) is 13.2 Å². The molecule has 0 atom stereocenters. The van der Waals surface area contributed by atoms with Crippen LogP contribution >= 0.6 is 0 Å². The van der Waals surface area contributed by atoms with Gasteiger partial charge in [-0.05, 0) is 37.8 Å². The van der Waals surface area contributed by atoms with Crippen LogP contribution in [-0.4, -0.2) is 31.6 Å². The summed E-state index contributed by atoms with van der Waals surface area (Å²) in [5.74, 6) is -0.220. The maximum Gasteiger partial charge on any atom is 0.168 e. The summed E-state index contributed by atoms with van der Waals surface area (Å²) >= 11 is 0. The molecule has 0 aromatic heterocycles. The van der Waals surface area contributed by atoms with E-state index < -0.39 is 0 Å². The largest absolute Gasteiger partial charge is 0.348 e. The molecule has 20 heavy (non-hydrogen) atoms. The summed E-state index contributed by atoms with van der Waals surface area (Å²) in [6, 6.07) is 11.4. The number of benzene rings is 1. The molecule has 0 bridgehead atoms. The predicted octanol–water partition coefficient (Wildman–Crippen LogP) is 2.89. The van der Waals surface area contributed by atoms with E-state index in [-0.39, 0.29) is 5.79 Å². The second-order valence-electron chi connectivity index (χ2n) is 5.93. The Morgan fingerprint density at radius 3 is 2.45 bits per heavy atom. The van der Waals surface area contributed by atoms with Crippen LogP contribution in [0.5, 0.6) is 0 Å². The van der Waals surface area contributed by atoms with Crippen molar-refractivity contribution < 1.29 is 9.47 Å². The summed E-state index contributed by atoms with van der Waals surface area (Å²) < 4.78 is 11.5. The third kappa shape index (κ3) is 3.60. The smallest absolute Gasteiger partial charge is 0.168 e. The van der Waals surface area contributed by atoms with Gasteiger partial charge in [0.15, 0.2) is 5.79 Å². The summed E-state index contributed by atoms with van der Waals surface area (Å²) in [6.45, 7) is 2.65. The van der Waals surface area contributed by atoms with Gasteiger partial charge in [0, 0.05) is 18.9 Å². The van der Waals surface area contributed by atoms with Crippen molar-refractivity contribution in [3.63, 3.8) is 0 Å². The summed E-state index contributed by atoms with van der Waals surface area (Å²) in [4.78, 5) is 0. The highest BCUT2D eigenvalue weighted by Gasteiger charge is 2.39. The third-order valence-electron chi connectivity index (χ3n) is 4.48. The predicted molar refractivity (Wildman–Crippen MR) is 79.7 cm³/mol. The lowest BCUT2D eigenvalue weighted by Crippen LogP contribution is -2.42. The molecule has 1 aliphatic heterocycles. The summed E-state index contributed by atoms with van der Waals surface area (Å²) in [6.07, 6.45) is 6.80. The minimum absolute atomic E-state index is 0.220. The second-order valence-corrected chi connectivity index (χ2v) is 5.93. The van der Waals surface area contributed by atoms with E-state index in [2.05, 4.69) is 35.6 Å². The molecule has 1 heterocycles. The van der Waals surface area contributed by atoms with Gasteiger partial charge < -0.3 is 14.8 Å². The third-order valence-corrected chi connectivity index (χ3v) is 4.48. The standard InChI is InChI=1S/C17H25NO2/c1-2-5-15(6-3-1)7-4-12-18-16-8-10-17(11-9-16)19-13-14-20-17/h1-3,5-6,16,18H,4,7-14H2. The number of aryl methyl sites for hydroxylation is 1. The maximum atomic E-state index is 5.76. The second kappa shape index (κ2) is 6.70. The molecule has 1 spiro atoms. The highest BCUT2D eigenvalue weighted by Crippen LogP contribution is 2.35. The van der Waals surface area contributed by atoms with Crippen molar-refractivity contribution in [2.24, 2.45) is 0 Å². The molecule has 1 N–H and O–H groups in total. The number of rotatable bonds is 5. The molecule has 3 rings (SSSR count). The first kappa shape index (κ1) is 14.1. The molecule has 2 aliphatic rings. The Balaban J connectivity index is 1.32. The van der Waals surface area contributed by atoms with Crippen molar-refractivity contribution in [3.05, 3.63) is 35.9 Å². The lowest BCUT2D eigenvalue weighted by Gasteiger charge is -2.35. The first-order valence-corrected chi connectivity index (χ1v) is 7.92. The molecule has 2 fully saturated rings. The summed E-state index contributed by atoms with van der Waals surface area (Å²) in [5, 5.41) is 3.69. The highest BCUT2D eigenvalue weighted by atomic mass is 16.7. The van der Waals surface area contributed by atoms with Gasteiger partial charge in [-0.1, -0.05) is 30.3 Å². The molecule has 3 nitrogen and oxygen atoms in total. The van der Waals surface area contributed by atoms with Crippen LogP contribution < -0.4 is 5.32 Å². The van der Waals surface area contributed by atoms with Crippen molar-refractivity contribution in [3.8, 4) is 0 Å². The van der Waals surface area contributed by atoms with Crippen LogP contribution in [0.1, 0.15) is 37.7 Å². The molecular weight excluding hydrogens is 250 g/mol. The average Bonchev–Trinajstić information content (AvgIpc) is 2.95. The van der Waals surface area contributed by atoms with Crippen LogP contribution in [0, 0.1) is 0 Å². The van der Waals surface area contributed by atoms with Gasteiger partial charge in [-0.25, -0.2) is 0 Å². The summed E-state index contributed by atoms with van der Waals surface area (Å²) in [5.41, 5.74) is 1.43. The fourth-order valence-corrected chi connectivity index (χ4v) is 3.29. The van der Waals surface area contributed by atoms with Crippen LogP contribution in [-0.2, 0) is 15.9 Å². The Morgan fingerprint density at radius 2 is 1.75 bits per heavy atom. The van der Waals surface area contributed by atoms with E-state index in [9.17, 15) is 0 Å². The van der Waals surface area contributed by atoms with Crippen LogP contribution in [0.3, 0.4) is 0 Å². The molecule has 1 saturated carbocycles. The van der Waals surface area contributed by atoms with E-state index in [0.29, 0.717) is 6.04 Å². The molecule has 1 aliphatic carbocycles. The minimum atomic E-state index is -0.220. The molecule has 110 valence electrons. The SMILES string of the molecule is c1ccc(CCCNC2CCC3(CC2)OCCO3)cc1. The molecular formula is C17H25NO2. The van der Waals surface area contributed by atoms with Gasteiger partial charge in [-0.3, -0.25) is 0 Å². The summed E-state index contributed by atoms with van der Waals surface area (Å²) in [7, 11) is 0. The molecule has 0 radical (unpaired) electrons. The Morgan fingerprint density at radius 1 is 1.05 bits per heavy atom. The highest BCUT2D eigenvalue weighted by molar-refractivity contribution is 5.14. The Labute approximate surface area is 121 Å². The normalized spacial score (nSPS) is 22.4. The Bertz CT molecular complexity index is 391. The van der Waals surface area contributed by atoms with Gasteiger partial charge in [0.2, 0.25) is 0 Å². The molecule has 3 heteroatoms. The van der Waals surface area contributed by atoms with E-state index in [0.717, 1.165) is 39.0 Å². The Kier molecular flexibility index (Phi) is 4.71. The number of hydrogen-bond acceptors (Lipinski definition) is 3. The van der Waals surface area contributed by atoms with E-state index in [4.69, 9.17) is 9.47 Å². The number of nitrogens with one attached hydrogen (secondary N) is 1. The Hall–Kier alpha value is -0.900. The first-order chi connectivity index (χ1) is 9.86. The topological polar surface area (TPSA) is 30.5 Å². The number of ether oxygens (including phenoxy) is 2. The van der Waals surface area contributed by atoms with E-state index in [1.54, 1.807) is 0 Å². The van der Waals surface area contributed by atoms with Crippen LogP contribution in [0.4, 0.5) is 0 Å². The van der Waals surface area contributed by atoms with Gasteiger partial charge >= 0.3 is 0 Å². The van der Waals surface area contributed by atoms with Crippen molar-refractivity contribution in [1.82, 2.24) is 5.32 Å². The average molecular weight is 275 g/mol. The molecule has 0 amide bonds. The van der Waals surface area contributed by atoms with Gasteiger partial charge in [0.1, 0.15) is 0 Å². The van der Waals surface area contributed by atoms with Gasteiger partial charge in [0.25, 0.3) is 0 Å². The van der Waals surface area contributed by atoms with Gasteiger partial charge in [-0.2, -0.15) is 0 Å². The van der Waals surface area contributed by atoms with E-state index in [1.165, 1.54) is 24.8 Å². The fraction of sp³-hybridized carbons (Fsp3) is 0.647. The van der Waals surface area contributed by atoms with Crippen molar-refractivity contribution in [2.75, 3.05) is 19.8 Å². The van der Waals surface area contributed by atoms with Crippen LogP contribution in [0.2, 0.25) is 0 Å². The van der Waals surface area contributed by atoms with Crippen LogP contribution in [0.15, 0.2) is 30.3 Å². The molecule has 0 unspecified atom stereocenters. The van der Waals surface area contributed by atoms with Gasteiger partial charge in [-0.15, -0.1) is 0 Å². The number of hydrogen-bond donors (Lipinski definition) is 1. The quantitative estimate of drug-likeness (QED) is 0.838. The van der Waals surface area contributed by atoms with E-state index in [1.807, 2.05) is 0 Å². The minimum Gasteiger partial charge on any atom is -0.348 e. The molecule has 1 aromatic carbocycles. The monoisotopic (exact) mass is 275 g/mol. The maximum absolute atomic E-state index is 5.76. The fourth-order valence-electron chi connectivity index (χ4n) is 3.29. The zero-order valence-corrected chi connectivity index (χ0v) is 12.1. The van der Waals surface area contributed by atoms with Crippen molar-refractivity contribution in [2.45, 2.75) is 50.4 Å². The van der Waals surface area contributed by atoms with E-state index >= 15 is 0 Å². The van der Waals surface area contributed by atoms with Crippen molar-refractivity contribution in [1.29, 1.82) is 0 Å². The lowest BCUT2D eigenvalue weighted by molar-refractivity contribution is -0.179. The molecule has 1 aromatic rings. The lowest BCUT2D eigenvalue weighted by atomic mass is 9.90.